The van der Waals surface area contributed by atoms with Crippen molar-refractivity contribution in [2.45, 2.75) is 13.3 Å². The van der Waals surface area contributed by atoms with Gasteiger partial charge in [-0.25, -0.2) is 0 Å². The Morgan fingerprint density at radius 3 is 2.95 bits per heavy atom. The molecule has 0 bridgehead atoms. The second-order valence-corrected chi connectivity index (χ2v) is 5.36. The summed E-state index contributed by atoms with van der Waals surface area (Å²) in [4.78, 5) is 14.0. The molecular formula is C14H13N3OS. The highest BCUT2D eigenvalue weighted by molar-refractivity contribution is 7.14. The molecule has 0 aliphatic heterocycles. The monoisotopic (exact) mass is 271 g/mol. The summed E-state index contributed by atoms with van der Waals surface area (Å²) >= 11 is 1.52. The standard InChI is InChI=1S/C14H13N3OS/c1-2-9-7-8-12(19-9)14(18)15-13-10-5-3-4-6-11(10)16-17-13/h3-8H,2H2,1H3,(H2,15,16,17,18). The highest BCUT2D eigenvalue weighted by Crippen LogP contribution is 2.22. The average molecular weight is 271 g/mol. The van der Waals surface area contributed by atoms with Gasteiger partial charge >= 0.3 is 0 Å². The van der Waals surface area contributed by atoms with Crippen LogP contribution in [0.3, 0.4) is 0 Å². The Balaban J connectivity index is 1.86. The Hall–Kier alpha value is -2.14. The van der Waals surface area contributed by atoms with E-state index >= 15 is 0 Å². The van der Waals surface area contributed by atoms with Gasteiger partial charge in [0.25, 0.3) is 5.91 Å². The van der Waals surface area contributed by atoms with Gasteiger partial charge in [-0.15, -0.1) is 11.3 Å². The first kappa shape index (κ1) is 11.9. The Labute approximate surface area is 114 Å². The number of para-hydroxylation sites is 1. The fourth-order valence-electron chi connectivity index (χ4n) is 1.92. The van der Waals surface area contributed by atoms with Crippen LogP contribution in [0, 0.1) is 0 Å². The Morgan fingerprint density at radius 1 is 1.32 bits per heavy atom. The summed E-state index contributed by atoms with van der Waals surface area (Å²) in [5.41, 5.74) is 0.915. The second kappa shape index (κ2) is 4.85. The molecule has 4 nitrogen and oxygen atoms in total. The number of anilines is 1. The molecule has 1 amide bonds. The zero-order valence-corrected chi connectivity index (χ0v) is 11.3. The van der Waals surface area contributed by atoms with Crippen molar-refractivity contribution in [3.8, 4) is 0 Å². The van der Waals surface area contributed by atoms with Gasteiger partial charge in [-0.3, -0.25) is 9.89 Å². The van der Waals surface area contributed by atoms with E-state index in [2.05, 4.69) is 22.4 Å². The van der Waals surface area contributed by atoms with E-state index in [0.29, 0.717) is 10.7 Å². The summed E-state index contributed by atoms with van der Waals surface area (Å²) in [6, 6.07) is 11.6. The zero-order chi connectivity index (χ0) is 13.2. The van der Waals surface area contributed by atoms with Gasteiger partial charge in [0, 0.05) is 10.3 Å². The highest BCUT2D eigenvalue weighted by atomic mass is 32.1. The van der Waals surface area contributed by atoms with Crippen LogP contribution in [0.5, 0.6) is 0 Å². The normalized spacial score (nSPS) is 10.8. The van der Waals surface area contributed by atoms with Gasteiger partial charge in [-0.2, -0.15) is 5.10 Å². The van der Waals surface area contributed by atoms with Crippen molar-refractivity contribution in [1.82, 2.24) is 10.2 Å². The van der Waals surface area contributed by atoms with Crippen LogP contribution in [0.25, 0.3) is 10.9 Å². The Kier molecular flexibility index (Phi) is 3.05. The van der Waals surface area contributed by atoms with Crippen LogP contribution in [0.2, 0.25) is 0 Å². The van der Waals surface area contributed by atoms with Crippen molar-refractivity contribution in [3.05, 3.63) is 46.2 Å². The van der Waals surface area contributed by atoms with Gasteiger partial charge in [0.1, 0.15) is 0 Å². The molecule has 0 spiro atoms. The Bertz CT molecular complexity index is 729. The summed E-state index contributed by atoms with van der Waals surface area (Å²) in [6.07, 6.45) is 0.948. The fourth-order valence-corrected chi connectivity index (χ4v) is 2.76. The smallest absolute Gasteiger partial charge is 0.266 e. The van der Waals surface area contributed by atoms with Crippen molar-refractivity contribution in [1.29, 1.82) is 0 Å². The number of hydrogen-bond donors (Lipinski definition) is 2. The number of aromatic nitrogens is 2. The van der Waals surface area contributed by atoms with Crippen LogP contribution in [-0.4, -0.2) is 16.1 Å². The lowest BCUT2D eigenvalue weighted by Crippen LogP contribution is -2.10. The number of amides is 1. The molecule has 0 saturated heterocycles. The van der Waals surface area contributed by atoms with Gasteiger partial charge in [0.15, 0.2) is 5.82 Å². The third kappa shape index (κ3) is 2.24. The number of aryl methyl sites for hydroxylation is 1. The number of rotatable bonds is 3. The maximum absolute atomic E-state index is 12.1. The molecule has 1 aromatic carbocycles. The first-order valence-corrected chi connectivity index (χ1v) is 6.92. The molecule has 0 radical (unpaired) electrons. The third-order valence-corrected chi connectivity index (χ3v) is 4.16. The van der Waals surface area contributed by atoms with Crippen LogP contribution in [0.4, 0.5) is 5.82 Å². The number of hydrogen-bond acceptors (Lipinski definition) is 3. The molecule has 0 aliphatic carbocycles. The van der Waals surface area contributed by atoms with E-state index < -0.39 is 0 Å². The quantitative estimate of drug-likeness (QED) is 0.766. The lowest BCUT2D eigenvalue weighted by molar-refractivity contribution is 0.103. The molecule has 0 aliphatic rings. The molecule has 0 fully saturated rings. The molecule has 3 rings (SSSR count). The predicted octanol–water partition coefficient (Wildman–Crippen LogP) is 3.44. The number of H-pyrrole nitrogens is 1. The molecule has 5 heteroatoms. The maximum Gasteiger partial charge on any atom is 0.266 e. The first-order chi connectivity index (χ1) is 9.28. The van der Waals surface area contributed by atoms with Crippen molar-refractivity contribution in [2.75, 3.05) is 5.32 Å². The maximum atomic E-state index is 12.1. The molecule has 0 atom stereocenters. The summed E-state index contributed by atoms with van der Waals surface area (Å²) in [6.45, 7) is 2.08. The number of benzene rings is 1. The molecule has 0 saturated carbocycles. The number of carbonyl (C=O) groups excluding carboxylic acids is 1. The van der Waals surface area contributed by atoms with E-state index in [1.165, 1.54) is 16.2 Å². The highest BCUT2D eigenvalue weighted by Gasteiger charge is 2.12. The van der Waals surface area contributed by atoms with Crippen LogP contribution in [0.1, 0.15) is 21.5 Å². The average Bonchev–Trinajstić information content (AvgIpc) is 3.06. The molecule has 2 heterocycles. The SMILES string of the molecule is CCc1ccc(C(=O)Nc2n[nH]c3ccccc23)s1. The molecule has 3 aromatic rings. The number of fused-ring (bicyclic) bond motifs is 1. The van der Waals surface area contributed by atoms with Crippen molar-refractivity contribution >= 4 is 34.0 Å². The lowest BCUT2D eigenvalue weighted by atomic mass is 10.2. The van der Waals surface area contributed by atoms with Gasteiger partial charge in [-0.1, -0.05) is 19.1 Å². The molecular weight excluding hydrogens is 258 g/mol. The molecule has 2 aromatic heterocycles. The molecule has 19 heavy (non-hydrogen) atoms. The Morgan fingerprint density at radius 2 is 2.16 bits per heavy atom. The van der Waals surface area contributed by atoms with Gasteiger partial charge in [-0.05, 0) is 30.7 Å². The van der Waals surface area contributed by atoms with E-state index in [1.807, 2.05) is 36.4 Å². The topological polar surface area (TPSA) is 57.8 Å². The van der Waals surface area contributed by atoms with Crippen LogP contribution in [0.15, 0.2) is 36.4 Å². The zero-order valence-electron chi connectivity index (χ0n) is 10.4. The van der Waals surface area contributed by atoms with E-state index in [1.54, 1.807) is 0 Å². The minimum Gasteiger partial charge on any atom is -0.304 e. The van der Waals surface area contributed by atoms with Crippen molar-refractivity contribution < 1.29 is 4.79 Å². The van der Waals surface area contributed by atoms with E-state index in [0.717, 1.165) is 17.3 Å². The number of aromatic amines is 1. The van der Waals surface area contributed by atoms with Gasteiger partial charge in [0.2, 0.25) is 0 Å². The van der Waals surface area contributed by atoms with Crippen LogP contribution >= 0.6 is 11.3 Å². The van der Waals surface area contributed by atoms with Crippen LogP contribution in [-0.2, 0) is 6.42 Å². The number of carbonyl (C=O) groups is 1. The van der Waals surface area contributed by atoms with E-state index in [9.17, 15) is 4.79 Å². The third-order valence-electron chi connectivity index (χ3n) is 2.94. The van der Waals surface area contributed by atoms with Gasteiger partial charge < -0.3 is 5.32 Å². The number of thiophene rings is 1. The van der Waals surface area contributed by atoms with Crippen LogP contribution < -0.4 is 5.32 Å². The molecule has 96 valence electrons. The fraction of sp³-hybridized carbons (Fsp3) is 0.143. The van der Waals surface area contributed by atoms with Crippen molar-refractivity contribution in [3.63, 3.8) is 0 Å². The summed E-state index contributed by atoms with van der Waals surface area (Å²) in [5.74, 6) is 0.467. The first-order valence-electron chi connectivity index (χ1n) is 6.11. The largest absolute Gasteiger partial charge is 0.304 e. The summed E-state index contributed by atoms with van der Waals surface area (Å²) < 4.78 is 0. The van der Waals surface area contributed by atoms with E-state index in [4.69, 9.17) is 0 Å². The molecule has 0 unspecified atom stereocenters. The van der Waals surface area contributed by atoms with Crippen molar-refractivity contribution in [2.24, 2.45) is 0 Å². The number of nitrogens with zero attached hydrogens (tertiary/aromatic N) is 1. The summed E-state index contributed by atoms with van der Waals surface area (Å²) in [7, 11) is 0. The minimum absolute atomic E-state index is 0.109. The minimum atomic E-state index is -0.109. The van der Waals surface area contributed by atoms with E-state index in [-0.39, 0.29) is 5.91 Å². The van der Waals surface area contributed by atoms with Gasteiger partial charge in [0.05, 0.1) is 10.4 Å². The number of nitrogens with one attached hydrogen (secondary N) is 2. The predicted molar refractivity (Wildman–Crippen MR) is 77.7 cm³/mol. The molecule has 2 N–H and O–H groups in total. The summed E-state index contributed by atoms with van der Waals surface area (Å²) in [5, 5.41) is 10.8. The lowest BCUT2D eigenvalue weighted by Gasteiger charge is -1.99. The second-order valence-electron chi connectivity index (χ2n) is 4.19.